The van der Waals surface area contributed by atoms with Crippen molar-refractivity contribution in [1.82, 2.24) is 9.55 Å². The minimum atomic E-state index is -0.698. The number of hydrogen-bond acceptors (Lipinski definition) is 7. The largest absolute Gasteiger partial charge is 0.383 e. The molecule has 1 aromatic heterocycles. The second-order valence-corrected chi connectivity index (χ2v) is 6.87. The van der Waals surface area contributed by atoms with Gasteiger partial charge in [0.15, 0.2) is 0 Å². The highest BCUT2D eigenvalue weighted by Gasteiger charge is 2.21. The molecular weight excluding hydrogens is 404 g/mol. The van der Waals surface area contributed by atoms with Crippen LogP contribution in [0.3, 0.4) is 0 Å². The number of methoxy groups -OCH3 is 1. The van der Waals surface area contributed by atoms with E-state index in [1.807, 2.05) is 6.92 Å². The number of hydrogen-bond donors (Lipinski definition) is 4. The Morgan fingerprint density at radius 2 is 1.97 bits per heavy atom. The number of carbonyl (C=O) groups is 2. The van der Waals surface area contributed by atoms with Crippen molar-refractivity contribution in [3.8, 4) is 0 Å². The number of carbonyl (C=O) groups excluding carboxylic acids is 2. The Kier molecular flexibility index (Phi) is 8.38. The van der Waals surface area contributed by atoms with Crippen molar-refractivity contribution >= 4 is 29.0 Å². The second kappa shape index (κ2) is 11.0. The summed E-state index contributed by atoms with van der Waals surface area (Å²) in [5.41, 5.74) is 10.6. The summed E-state index contributed by atoms with van der Waals surface area (Å²) in [5, 5.41) is 2.62. The Morgan fingerprint density at radius 1 is 1.26 bits per heavy atom. The number of primary amides is 1. The molecular formula is C20H28N6O5. The predicted molar refractivity (Wildman–Crippen MR) is 118 cm³/mol. The van der Waals surface area contributed by atoms with E-state index in [0.717, 1.165) is 6.42 Å². The zero-order valence-electron chi connectivity index (χ0n) is 17.6. The topological polar surface area (TPSA) is 166 Å². The molecule has 0 bridgehead atoms. The van der Waals surface area contributed by atoms with Gasteiger partial charge in [0, 0.05) is 20.2 Å². The first-order valence-corrected chi connectivity index (χ1v) is 9.85. The molecule has 0 saturated carbocycles. The fourth-order valence-electron chi connectivity index (χ4n) is 3.06. The average molecular weight is 432 g/mol. The number of nitrogen functional groups attached to an aromatic ring is 1. The molecule has 0 atom stereocenters. The smallest absolute Gasteiger partial charge is 0.330 e. The van der Waals surface area contributed by atoms with Gasteiger partial charge < -0.3 is 26.4 Å². The number of ether oxygens (including phenoxy) is 1. The fraction of sp³-hybridized carbons (Fsp3) is 0.400. The average Bonchev–Trinajstić information content (AvgIpc) is 2.71. The van der Waals surface area contributed by atoms with Gasteiger partial charge in [-0.2, -0.15) is 0 Å². The molecule has 1 heterocycles. The first-order valence-electron chi connectivity index (χ1n) is 9.85. The molecule has 0 aliphatic rings. The zero-order valence-corrected chi connectivity index (χ0v) is 17.6. The third kappa shape index (κ3) is 5.95. The Morgan fingerprint density at radius 3 is 2.61 bits per heavy atom. The lowest BCUT2D eigenvalue weighted by Gasteiger charge is -2.25. The molecule has 31 heavy (non-hydrogen) atoms. The number of unbranched alkanes of at least 4 members (excludes halogenated alkanes) is 1. The number of para-hydroxylation sites is 1. The lowest BCUT2D eigenvalue weighted by atomic mass is 10.1. The van der Waals surface area contributed by atoms with E-state index in [2.05, 4.69) is 10.3 Å². The van der Waals surface area contributed by atoms with Gasteiger partial charge in [-0.05, 0) is 18.6 Å². The molecule has 11 nitrogen and oxygen atoms in total. The van der Waals surface area contributed by atoms with Gasteiger partial charge in [-0.1, -0.05) is 25.5 Å². The molecule has 0 spiro atoms. The molecule has 2 rings (SSSR count). The Labute approximate surface area is 179 Å². The van der Waals surface area contributed by atoms with E-state index in [0.29, 0.717) is 13.0 Å². The quantitative estimate of drug-likeness (QED) is 0.391. The highest BCUT2D eigenvalue weighted by Crippen LogP contribution is 2.18. The summed E-state index contributed by atoms with van der Waals surface area (Å²) in [4.78, 5) is 52.7. The molecule has 0 saturated heterocycles. The molecule has 0 unspecified atom stereocenters. The number of nitrogens with zero attached hydrogens (tertiary/aromatic N) is 2. The van der Waals surface area contributed by atoms with Crippen LogP contribution in [0.25, 0.3) is 0 Å². The third-order valence-corrected chi connectivity index (χ3v) is 4.63. The molecule has 0 aliphatic heterocycles. The van der Waals surface area contributed by atoms with Crippen molar-refractivity contribution in [3.05, 3.63) is 50.7 Å². The van der Waals surface area contributed by atoms with E-state index in [4.69, 9.17) is 16.2 Å². The van der Waals surface area contributed by atoms with Crippen LogP contribution in [0.15, 0.2) is 33.9 Å². The van der Waals surface area contributed by atoms with E-state index in [1.54, 1.807) is 18.2 Å². The van der Waals surface area contributed by atoms with Crippen molar-refractivity contribution in [1.29, 1.82) is 0 Å². The van der Waals surface area contributed by atoms with Crippen molar-refractivity contribution in [2.45, 2.75) is 26.3 Å². The fourth-order valence-corrected chi connectivity index (χ4v) is 3.06. The summed E-state index contributed by atoms with van der Waals surface area (Å²) in [5.74, 6) is -1.21. The van der Waals surface area contributed by atoms with Gasteiger partial charge >= 0.3 is 5.69 Å². The maximum atomic E-state index is 12.7. The van der Waals surface area contributed by atoms with Gasteiger partial charge in [0.25, 0.3) is 11.5 Å². The maximum Gasteiger partial charge on any atom is 0.330 e. The number of anilines is 3. The summed E-state index contributed by atoms with van der Waals surface area (Å²) in [6.07, 6.45) is 1.52. The number of aromatic amines is 1. The van der Waals surface area contributed by atoms with Crippen molar-refractivity contribution in [2.24, 2.45) is 5.73 Å². The minimum Gasteiger partial charge on any atom is -0.383 e. The van der Waals surface area contributed by atoms with Crippen LogP contribution in [0.4, 0.5) is 17.2 Å². The predicted octanol–water partition coefficient (Wildman–Crippen LogP) is 0.109. The Bertz CT molecular complexity index is 1050. The molecule has 11 heteroatoms. The second-order valence-electron chi connectivity index (χ2n) is 6.87. The highest BCUT2D eigenvalue weighted by molar-refractivity contribution is 6.03. The van der Waals surface area contributed by atoms with Gasteiger partial charge in [0.2, 0.25) is 5.91 Å². The number of aromatic nitrogens is 2. The van der Waals surface area contributed by atoms with Crippen LogP contribution in [0.2, 0.25) is 0 Å². The molecule has 0 aliphatic carbocycles. The van der Waals surface area contributed by atoms with Crippen LogP contribution in [0.1, 0.15) is 30.1 Å². The number of amides is 2. The van der Waals surface area contributed by atoms with Crippen molar-refractivity contribution < 1.29 is 14.3 Å². The van der Waals surface area contributed by atoms with Gasteiger partial charge in [-0.3, -0.25) is 23.9 Å². The molecule has 0 radical (unpaired) electrons. The lowest BCUT2D eigenvalue weighted by Crippen LogP contribution is -2.43. The maximum absolute atomic E-state index is 12.7. The SMILES string of the molecule is CCCCn1c(N)c(N(CCOC)CC(=O)Nc2ccccc2C(N)=O)c(=O)[nH]c1=O. The van der Waals surface area contributed by atoms with Gasteiger partial charge in [0.1, 0.15) is 11.5 Å². The van der Waals surface area contributed by atoms with Crippen LogP contribution >= 0.6 is 0 Å². The number of benzene rings is 1. The molecule has 2 aromatic rings. The van der Waals surface area contributed by atoms with Gasteiger partial charge in [-0.15, -0.1) is 0 Å². The summed E-state index contributed by atoms with van der Waals surface area (Å²) >= 11 is 0. The van der Waals surface area contributed by atoms with Gasteiger partial charge in [0.05, 0.1) is 24.4 Å². The summed E-state index contributed by atoms with van der Waals surface area (Å²) in [7, 11) is 1.48. The molecule has 168 valence electrons. The Balaban J connectivity index is 2.36. The van der Waals surface area contributed by atoms with Crippen LogP contribution in [-0.2, 0) is 16.1 Å². The van der Waals surface area contributed by atoms with Crippen LogP contribution in [-0.4, -0.2) is 48.2 Å². The molecule has 0 fully saturated rings. The number of nitrogens with one attached hydrogen (secondary N) is 2. The van der Waals surface area contributed by atoms with Crippen molar-refractivity contribution in [2.75, 3.05) is 42.8 Å². The highest BCUT2D eigenvalue weighted by atomic mass is 16.5. The molecule has 2 amide bonds. The first kappa shape index (κ1) is 23.7. The monoisotopic (exact) mass is 432 g/mol. The van der Waals surface area contributed by atoms with Crippen LogP contribution in [0, 0.1) is 0 Å². The van der Waals surface area contributed by atoms with Crippen LogP contribution in [0.5, 0.6) is 0 Å². The summed E-state index contributed by atoms with van der Waals surface area (Å²) in [6.45, 7) is 2.41. The standard InChI is InChI=1S/C20H28N6O5/c1-3-4-9-26-17(21)16(19(29)24-20(26)30)25(10-11-31-2)12-15(27)23-14-8-6-5-7-13(14)18(22)28/h5-8H,3-4,9-12,21H2,1-2H3,(H2,22,28)(H,23,27)(H,24,29,30). The summed E-state index contributed by atoms with van der Waals surface area (Å²) < 4.78 is 6.36. The molecule has 1 aromatic carbocycles. The van der Waals surface area contributed by atoms with Crippen molar-refractivity contribution in [3.63, 3.8) is 0 Å². The minimum absolute atomic E-state index is 0.00564. The van der Waals surface area contributed by atoms with Crippen LogP contribution < -0.4 is 32.9 Å². The van der Waals surface area contributed by atoms with E-state index < -0.39 is 23.1 Å². The van der Waals surface area contributed by atoms with E-state index in [1.165, 1.54) is 22.6 Å². The third-order valence-electron chi connectivity index (χ3n) is 4.63. The normalized spacial score (nSPS) is 10.6. The Hall–Kier alpha value is -3.60. The molecule has 6 N–H and O–H groups in total. The number of nitrogens with two attached hydrogens (primary N) is 2. The number of H-pyrrole nitrogens is 1. The van der Waals surface area contributed by atoms with E-state index >= 15 is 0 Å². The van der Waals surface area contributed by atoms with E-state index in [9.17, 15) is 19.2 Å². The van der Waals surface area contributed by atoms with E-state index in [-0.39, 0.29) is 42.5 Å². The van der Waals surface area contributed by atoms with Gasteiger partial charge in [-0.25, -0.2) is 4.79 Å². The lowest BCUT2D eigenvalue weighted by molar-refractivity contribution is -0.115. The summed E-state index contributed by atoms with van der Waals surface area (Å²) in [6, 6.07) is 6.31. The number of rotatable bonds is 11. The zero-order chi connectivity index (χ0) is 23.0. The first-order chi connectivity index (χ1) is 14.8.